The Bertz CT molecular complexity index is 1370. The van der Waals surface area contributed by atoms with Gasteiger partial charge in [-0.3, -0.25) is 9.59 Å². The number of nitrogens with one attached hydrogen (secondary N) is 3. The van der Waals surface area contributed by atoms with Crippen molar-refractivity contribution in [2.75, 3.05) is 32.6 Å². The van der Waals surface area contributed by atoms with E-state index in [9.17, 15) is 9.59 Å². The molecule has 3 aromatic rings. The topological polar surface area (TPSA) is 119 Å². The molecule has 1 fully saturated rings. The Balaban J connectivity index is 1.75. The highest BCUT2D eigenvalue weighted by Gasteiger charge is 2.27. The Hall–Kier alpha value is -3.34. The lowest BCUT2D eigenvalue weighted by atomic mass is 10.0. The molecule has 0 radical (unpaired) electrons. The minimum absolute atomic E-state index is 0.145. The molecule has 0 saturated carbocycles. The summed E-state index contributed by atoms with van der Waals surface area (Å²) in [7, 11) is 4.57. The molecular formula is C24H26Cl2N6O4. The van der Waals surface area contributed by atoms with Crippen LogP contribution >= 0.6 is 23.2 Å². The van der Waals surface area contributed by atoms with Crippen molar-refractivity contribution in [1.82, 2.24) is 25.2 Å². The molecule has 1 aromatic carbocycles. The van der Waals surface area contributed by atoms with Gasteiger partial charge in [-0.25, -0.2) is 9.97 Å². The molecular weight excluding hydrogens is 507 g/mol. The van der Waals surface area contributed by atoms with Crippen LogP contribution in [0.1, 0.15) is 6.42 Å². The molecule has 12 heteroatoms. The van der Waals surface area contributed by atoms with Crippen LogP contribution in [0.2, 0.25) is 10.0 Å². The molecule has 3 N–H and O–H groups in total. The van der Waals surface area contributed by atoms with Gasteiger partial charge < -0.3 is 30.0 Å². The van der Waals surface area contributed by atoms with Crippen molar-refractivity contribution in [2.24, 2.45) is 7.05 Å². The number of carbonyl (C=O) groups is 1. The van der Waals surface area contributed by atoms with Crippen LogP contribution in [0.4, 0.5) is 5.95 Å². The van der Waals surface area contributed by atoms with Gasteiger partial charge >= 0.3 is 0 Å². The first-order valence-corrected chi connectivity index (χ1v) is 11.9. The first-order chi connectivity index (χ1) is 17.3. The quantitative estimate of drug-likeness (QED) is 0.397. The van der Waals surface area contributed by atoms with Crippen LogP contribution in [0, 0.1) is 0 Å². The number of ether oxygens (including phenoxy) is 2. The number of pyridine rings is 1. The predicted octanol–water partition coefficient (Wildman–Crippen LogP) is 2.76. The van der Waals surface area contributed by atoms with Crippen molar-refractivity contribution in [1.29, 1.82) is 0 Å². The highest BCUT2D eigenvalue weighted by atomic mass is 35.5. The van der Waals surface area contributed by atoms with Crippen molar-refractivity contribution in [2.45, 2.75) is 18.5 Å². The fourth-order valence-electron chi connectivity index (χ4n) is 4.19. The highest BCUT2D eigenvalue weighted by molar-refractivity contribution is 6.41. The monoisotopic (exact) mass is 532 g/mol. The lowest BCUT2D eigenvalue weighted by Crippen LogP contribution is -2.55. The molecule has 190 valence electrons. The number of aromatic nitrogens is 3. The van der Waals surface area contributed by atoms with E-state index in [1.54, 1.807) is 25.4 Å². The molecule has 0 bridgehead atoms. The molecule has 2 aromatic heterocycles. The summed E-state index contributed by atoms with van der Waals surface area (Å²) < 4.78 is 12.1. The third kappa shape index (κ3) is 4.84. The van der Waals surface area contributed by atoms with Gasteiger partial charge in [0, 0.05) is 36.8 Å². The highest BCUT2D eigenvalue weighted by Crippen LogP contribution is 2.45. The second-order valence-corrected chi connectivity index (χ2v) is 8.99. The summed E-state index contributed by atoms with van der Waals surface area (Å²) in [4.78, 5) is 34.1. The second-order valence-electron chi connectivity index (χ2n) is 8.24. The Labute approximate surface area is 217 Å². The number of hydrogen-bond donors (Lipinski definition) is 3. The molecule has 1 aliphatic rings. The summed E-state index contributed by atoms with van der Waals surface area (Å²) >= 11 is 13.2. The van der Waals surface area contributed by atoms with Crippen molar-refractivity contribution < 1.29 is 14.3 Å². The van der Waals surface area contributed by atoms with E-state index in [2.05, 4.69) is 32.5 Å². The van der Waals surface area contributed by atoms with Gasteiger partial charge in [-0.1, -0.05) is 29.8 Å². The van der Waals surface area contributed by atoms with E-state index in [0.717, 1.165) is 13.0 Å². The van der Waals surface area contributed by atoms with Gasteiger partial charge in [-0.2, -0.15) is 0 Å². The average molecular weight is 533 g/mol. The van der Waals surface area contributed by atoms with Crippen molar-refractivity contribution in [3.63, 3.8) is 0 Å². The second kappa shape index (κ2) is 10.7. The van der Waals surface area contributed by atoms with Crippen LogP contribution in [0.5, 0.6) is 11.5 Å². The molecule has 1 amide bonds. The standard InChI is InChI=1S/C24H26Cl2N6O4/c1-5-18(33)29-13-6-7-27-11-14(13)30-24-28-10-12-8-15(32(2)23(34)22(12)31-24)19-20(25)16(35-3)9-17(36-4)21(19)26/h5,8-10,13-14,27H,1,6-7,11H2,2-4H3,(H,29,33)(H,28,30,31)/t13-,14+/m0/s1. The number of anilines is 1. The normalized spacial score (nSPS) is 17.5. The number of hydrogen-bond acceptors (Lipinski definition) is 8. The van der Waals surface area contributed by atoms with Gasteiger partial charge in [-0.05, 0) is 25.1 Å². The molecule has 2 atom stereocenters. The Morgan fingerprint density at radius 3 is 2.56 bits per heavy atom. The van der Waals surface area contributed by atoms with Gasteiger partial charge in [0.2, 0.25) is 11.9 Å². The summed E-state index contributed by atoms with van der Waals surface area (Å²) in [5, 5.41) is 10.4. The van der Waals surface area contributed by atoms with E-state index < -0.39 is 0 Å². The molecule has 4 rings (SSSR count). The number of benzene rings is 1. The maximum atomic E-state index is 13.4. The Morgan fingerprint density at radius 1 is 1.22 bits per heavy atom. The van der Waals surface area contributed by atoms with Gasteiger partial charge in [0.1, 0.15) is 17.0 Å². The first kappa shape index (κ1) is 25.7. The number of amides is 1. The first-order valence-electron chi connectivity index (χ1n) is 11.2. The zero-order valence-electron chi connectivity index (χ0n) is 20.0. The van der Waals surface area contributed by atoms with E-state index in [-0.39, 0.29) is 45.1 Å². The fraction of sp³-hybridized carbons (Fsp3) is 0.333. The van der Waals surface area contributed by atoms with Gasteiger partial charge in [0.25, 0.3) is 5.56 Å². The lowest BCUT2D eigenvalue weighted by Gasteiger charge is -2.33. The summed E-state index contributed by atoms with van der Waals surface area (Å²) in [6, 6.07) is 3.00. The van der Waals surface area contributed by atoms with E-state index in [4.69, 9.17) is 32.7 Å². The molecule has 1 aliphatic heterocycles. The molecule has 10 nitrogen and oxygen atoms in total. The number of halogens is 2. The van der Waals surface area contributed by atoms with Crippen LogP contribution in [-0.2, 0) is 11.8 Å². The zero-order valence-corrected chi connectivity index (χ0v) is 21.5. The molecule has 0 aliphatic carbocycles. The van der Waals surface area contributed by atoms with Crippen LogP contribution in [0.15, 0.2) is 35.8 Å². The third-order valence-corrected chi connectivity index (χ3v) is 6.87. The fourth-order valence-corrected chi connectivity index (χ4v) is 4.89. The van der Waals surface area contributed by atoms with Crippen LogP contribution in [0.25, 0.3) is 22.2 Å². The number of piperidine rings is 1. The Kier molecular flexibility index (Phi) is 7.67. The van der Waals surface area contributed by atoms with Crippen LogP contribution in [-0.4, -0.2) is 59.8 Å². The van der Waals surface area contributed by atoms with E-state index in [1.807, 2.05) is 0 Å². The average Bonchev–Trinajstić information content (AvgIpc) is 2.88. The summed E-state index contributed by atoms with van der Waals surface area (Å²) in [5.41, 5.74) is 0.705. The SMILES string of the molecule is C=CC(=O)N[C@H]1CCNC[C@H]1Nc1ncc2cc(-c3c(Cl)c(OC)cc(OC)c3Cl)n(C)c(=O)c2n1. The predicted molar refractivity (Wildman–Crippen MR) is 140 cm³/mol. The number of fused-ring (bicyclic) bond motifs is 1. The molecule has 36 heavy (non-hydrogen) atoms. The third-order valence-electron chi connectivity index (χ3n) is 6.12. The number of rotatable bonds is 7. The lowest BCUT2D eigenvalue weighted by molar-refractivity contribution is -0.117. The number of nitrogens with zero attached hydrogens (tertiary/aromatic N) is 3. The molecule has 3 heterocycles. The van der Waals surface area contributed by atoms with Crippen molar-refractivity contribution >= 4 is 46.0 Å². The summed E-state index contributed by atoms with van der Waals surface area (Å²) in [6.45, 7) is 4.86. The zero-order chi connectivity index (χ0) is 26.0. The van der Waals surface area contributed by atoms with E-state index in [0.29, 0.717) is 34.7 Å². The molecule has 1 saturated heterocycles. The van der Waals surface area contributed by atoms with Gasteiger partial charge in [0.15, 0.2) is 0 Å². The minimum atomic E-state index is -0.361. The van der Waals surface area contributed by atoms with Crippen molar-refractivity contribution in [3.8, 4) is 22.8 Å². The largest absolute Gasteiger partial charge is 0.495 e. The summed E-state index contributed by atoms with van der Waals surface area (Å²) in [6.07, 6.45) is 3.52. The number of methoxy groups -OCH3 is 2. The molecule has 0 unspecified atom stereocenters. The minimum Gasteiger partial charge on any atom is -0.495 e. The van der Waals surface area contributed by atoms with Crippen molar-refractivity contribution in [3.05, 3.63) is 51.4 Å². The smallest absolute Gasteiger partial charge is 0.277 e. The maximum absolute atomic E-state index is 13.4. The van der Waals surface area contributed by atoms with Gasteiger partial charge in [0.05, 0.1) is 42.0 Å². The van der Waals surface area contributed by atoms with E-state index >= 15 is 0 Å². The van der Waals surface area contributed by atoms with Crippen LogP contribution < -0.4 is 31.0 Å². The number of carbonyl (C=O) groups excluding carboxylic acids is 1. The maximum Gasteiger partial charge on any atom is 0.277 e. The van der Waals surface area contributed by atoms with Crippen LogP contribution in [0.3, 0.4) is 0 Å². The molecule has 0 spiro atoms. The summed E-state index contributed by atoms with van der Waals surface area (Å²) in [5.74, 6) is 0.741. The van der Waals surface area contributed by atoms with Gasteiger partial charge in [-0.15, -0.1) is 0 Å². The Morgan fingerprint density at radius 2 is 1.92 bits per heavy atom. The van der Waals surface area contributed by atoms with E-state index in [1.165, 1.54) is 24.9 Å².